The number of aromatic nitrogens is 3. The summed E-state index contributed by atoms with van der Waals surface area (Å²) in [6, 6.07) is -0.977. The van der Waals surface area contributed by atoms with Crippen molar-refractivity contribution in [1.82, 2.24) is 25.2 Å². The third-order valence-electron chi connectivity index (χ3n) is 4.07. The normalized spacial score (nSPS) is 17.2. The average Bonchev–Trinajstić information content (AvgIpc) is 3.08. The number of carbonyl (C=O) groups is 1. The predicted molar refractivity (Wildman–Crippen MR) is 85.4 cm³/mol. The van der Waals surface area contributed by atoms with Gasteiger partial charge in [0.15, 0.2) is 0 Å². The molecule has 1 aliphatic rings. The molecule has 1 aromatic heterocycles. The number of aliphatic hydroxyl groups is 1. The topological polar surface area (TPSA) is 135 Å². The van der Waals surface area contributed by atoms with Crippen molar-refractivity contribution in [2.45, 2.75) is 31.3 Å². The van der Waals surface area contributed by atoms with Crippen LogP contribution in [0.25, 0.3) is 0 Å². The minimum Gasteiger partial charge on any atom is -1.00 e. The number of nitrogens with two attached hydrogens (primary N) is 2. The van der Waals surface area contributed by atoms with E-state index in [1.54, 1.807) is 10.9 Å². The molecule has 24 heavy (non-hydrogen) atoms. The van der Waals surface area contributed by atoms with E-state index in [0.717, 1.165) is 25.9 Å². The minimum absolute atomic E-state index is 0. The summed E-state index contributed by atoms with van der Waals surface area (Å²) in [7, 11) is 0. The van der Waals surface area contributed by atoms with Crippen LogP contribution >= 0.6 is 0 Å². The van der Waals surface area contributed by atoms with E-state index in [9.17, 15) is 4.79 Å². The van der Waals surface area contributed by atoms with Crippen LogP contribution in [0.2, 0.25) is 0 Å². The summed E-state index contributed by atoms with van der Waals surface area (Å²) in [5.74, 6) is 0.0533. The fourth-order valence-corrected chi connectivity index (χ4v) is 2.65. The summed E-state index contributed by atoms with van der Waals surface area (Å²) < 4.78 is 1.58. The van der Waals surface area contributed by atoms with Crippen LogP contribution in [0.1, 0.15) is 37.0 Å². The number of nitrogens with one attached hydrogen (secondary N) is 1. The quantitative estimate of drug-likeness (QED) is 0.342. The van der Waals surface area contributed by atoms with Crippen LogP contribution < -0.4 is 29.2 Å². The maximum Gasteiger partial charge on any atom is 0.247 e. The summed E-state index contributed by atoms with van der Waals surface area (Å²) in [6.45, 7) is 3.40. The second-order valence-electron chi connectivity index (χ2n) is 5.79. The highest BCUT2D eigenvalue weighted by Gasteiger charge is 2.28. The molecule has 1 saturated heterocycles. The number of hydrogen-bond donors (Lipinski definition) is 4. The number of carbonyl (C=O) groups excluding carboxylic acids is 1. The van der Waals surface area contributed by atoms with Gasteiger partial charge in [0.2, 0.25) is 5.91 Å². The first kappa shape index (κ1) is 20.8. The van der Waals surface area contributed by atoms with Gasteiger partial charge in [-0.15, -0.1) is 5.10 Å². The highest BCUT2D eigenvalue weighted by Crippen LogP contribution is 2.19. The first-order valence-electron chi connectivity index (χ1n) is 8.15. The van der Waals surface area contributed by atoms with Gasteiger partial charge in [0.25, 0.3) is 0 Å². The van der Waals surface area contributed by atoms with Crippen LogP contribution in [0.4, 0.5) is 0 Å². The predicted octanol–water partition coefficient (Wildman–Crippen LogP) is -4.62. The lowest BCUT2D eigenvalue weighted by Crippen LogP contribution is -3.00. The van der Waals surface area contributed by atoms with Gasteiger partial charge in [-0.25, -0.2) is 4.68 Å². The lowest BCUT2D eigenvalue weighted by Gasteiger charge is -2.30. The van der Waals surface area contributed by atoms with Crippen LogP contribution in [0.15, 0.2) is 6.20 Å². The Balaban J connectivity index is 0.00000288. The molecule has 1 aromatic rings. The molecule has 1 amide bonds. The van der Waals surface area contributed by atoms with Gasteiger partial charge in [-0.1, -0.05) is 5.21 Å². The lowest BCUT2D eigenvalue weighted by atomic mass is 10.1. The number of nitrogens with zero attached hydrogens (tertiary/aromatic N) is 4. The van der Waals surface area contributed by atoms with Crippen LogP contribution in [0.5, 0.6) is 0 Å². The van der Waals surface area contributed by atoms with Gasteiger partial charge >= 0.3 is 0 Å². The monoisotopic (exact) mass is 360 g/mol. The Morgan fingerprint density at radius 2 is 2.08 bits per heavy atom. The molecular weight excluding hydrogens is 334 g/mol. The first-order valence-corrected chi connectivity index (χ1v) is 8.15. The third-order valence-corrected chi connectivity index (χ3v) is 4.07. The Bertz CT molecular complexity index is 493. The average molecular weight is 361 g/mol. The maximum atomic E-state index is 12.8. The molecule has 138 valence electrons. The molecule has 0 aromatic carbocycles. The van der Waals surface area contributed by atoms with E-state index in [4.69, 9.17) is 16.6 Å². The Morgan fingerprint density at radius 3 is 2.71 bits per heavy atom. The molecule has 6 N–H and O–H groups in total. The van der Waals surface area contributed by atoms with Crippen LogP contribution in [0, 0.1) is 0 Å². The molecule has 2 atom stereocenters. The lowest BCUT2D eigenvalue weighted by molar-refractivity contribution is -0.136. The van der Waals surface area contributed by atoms with Crippen LogP contribution in [-0.2, 0) is 4.79 Å². The van der Waals surface area contributed by atoms with Crippen molar-refractivity contribution in [2.24, 2.45) is 11.5 Å². The zero-order valence-corrected chi connectivity index (χ0v) is 14.5. The van der Waals surface area contributed by atoms with Crippen LogP contribution in [0.3, 0.4) is 0 Å². The highest BCUT2D eigenvalue weighted by molar-refractivity contribution is 5.80. The van der Waals surface area contributed by atoms with Gasteiger partial charge < -0.3 is 39.2 Å². The fraction of sp³-hybridized carbons (Fsp3) is 0.786. The number of hydrogen-bond acceptors (Lipinski definition) is 7. The Labute approximate surface area is 148 Å². The number of amides is 1. The van der Waals surface area contributed by atoms with Gasteiger partial charge in [0.05, 0.1) is 18.8 Å². The Morgan fingerprint density at radius 1 is 1.38 bits per heavy atom. The zero-order chi connectivity index (χ0) is 16.7. The molecule has 2 rings (SSSR count). The van der Waals surface area contributed by atoms with E-state index < -0.39 is 12.1 Å². The van der Waals surface area contributed by atoms with Crippen molar-refractivity contribution in [3.8, 4) is 0 Å². The van der Waals surface area contributed by atoms with E-state index in [1.165, 1.54) is 0 Å². The maximum absolute atomic E-state index is 12.8. The number of unbranched alkanes of at least 4 members (excludes halogenated alkanes) is 1. The van der Waals surface area contributed by atoms with Crippen molar-refractivity contribution in [2.75, 3.05) is 39.3 Å². The van der Waals surface area contributed by atoms with E-state index in [-0.39, 0.29) is 24.9 Å². The zero-order valence-electron chi connectivity index (χ0n) is 13.8. The molecular formula is C14H27ClN7O2-. The van der Waals surface area contributed by atoms with Crippen LogP contribution in [-0.4, -0.2) is 70.2 Å². The molecule has 0 spiro atoms. The van der Waals surface area contributed by atoms with Crippen molar-refractivity contribution < 1.29 is 22.3 Å². The molecule has 9 nitrogen and oxygen atoms in total. The highest BCUT2D eigenvalue weighted by atomic mass is 35.5. The smallest absolute Gasteiger partial charge is 0.247 e. The second kappa shape index (κ2) is 10.6. The fourth-order valence-electron chi connectivity index (χ4n) is 2.65. The van der Waals surface area contributed by atoms with Gasteiger partial charge in [-0.05, 0) is 25.8 Å². The summed E-state index contributed by atoms with van der Waals surface area (Å²) in [6.07, 6.45) is 4.04. The minimum atomic E-state index is -0.581. The van der Waals surface area contributed by atoms with Crippen molar-refractivity contribution >= 4 is 5.91 Å². The van der Waals surface area contributed by atoms with E-state index in [1.807, 2.05) is 4.90 Å². The number of halogens is 1. The molecule has 0 aliphatic carbocycles. The number of rotatable bonds is 8. The number of piperazine rings is 1. The summed E-state index contributed by atoms with van der Waals surface area (Å²) in [5, 5.41) is 20.4. The molecule has 10 heteroatoms. The standard InChI is InChI=1S/C14H27N7O2.ClH/c15-4-2-1-3-13(14(23)20-7-5-17-6-8-20)21-9-12(18-19-21)11(16)10-22;/h9,11,13,17,22H,1-8,10,15-16H2;1H/p-1/t11-,13-;/m0./s1. The number of aliphatic hydroxyl groups excluding tert-OH is 1. The molecule has 1 fully saturated rings. The van der Waals surface area contributed by atoms with E-state index in [2.05, 4.69) is 15.6 Å². The SMILES string of the molecule is NCCCC[C@@H](C(=O)N1CCNCC1)n1cc([C@@H](N)CO)nn1.[Cl-]. The van der Waals surface area contributed by atoms with E-state index >= 15 is 0 Å². The molecule has 0 radical (unpaired) electrons. The molecule has 2 heterocycles. The van der Waals surface area contributed by atoms with Gasteiger partial charge in [-0.2, -0.15) is 0 Å². The van der Waals surface area contributed by atoms with Crippen molar-refractivity contribution in [1.29, 1.82) is 0 Å². The van der Waals surface area contributed by atoms with Crippen molar-refractivity contribution in [3.05, 3.63) is 11.9 Å². The summed E-state index contributed by atoms with van der Waals surface area (Å²) >= 11 is 0. The van der Waals surface area contributed by atoms with Crippen molar-refractivity contribution in [3.63, 3.8) is 0 Å². The first-order chi connectivity index (χ1) is 11.2. The molecule has 0 unspecified atom stereocenters. The van der Waals surface area contributed by atoms with E-state index in [0.29, 0.717) is 31.7 Å². The summed E-state index contributed by atoms with van der Waals surface area (Å²) in [4.78, 5) is 14.7. The van der Waals surface area contributed by atoms with Gasteiger partial charge in [-0.3, -0.25) is 4.79 Å². The Kier molecular flexibility index (Phi) is 9.16. The largest absolute Gasteiger partial charge is 1.00 e. The van der Waals surface area contributed by atoms with Gasteiger partial charge in [0.1, 0.15) is 11.7 Å². The second-order valence-corrected chi connectivity index (χ2v) is 5.79. The summed E-state index contributed by atoms with van der Waals surface area (Å²) in [5.41, 5.74) is 11.8. The Hall–Kier alpha value is -1.26. The van der Waals surface area contributed by atoms with Gasteiger partial charge in [0, 0.05) is 26.2 Å². The molecule has 0 bridgehead atoms. The molecule has 0 saturated carbocycles. The third kappa shape index (κ3) is 5.38. The molecule has 1 aliphatic heterocycles.